The topological polar surface area (TPSA) is 364 Å². The molecule has 3 heterocycles. The van der Waals surface area contributed by atoms with E-state index in [0.717, 1.165) is 48.2 Å². The molecule has 28 heteroatoms. The Morgan fingerprint density at radius 1 is 0.953 bits per heavy atom. The quantitative estimate of drug-likeness (QED) is 0.0296. The maximum Gasteiger partial charge on any atom is 0.481 e. The third kappa shape index (κ3) is 19.6. The number of imidazole rings is 1. The highest BCUT2D eigenvalue weighted by atomic mass is 32.2. The monoisotopic (exact) mass is 989 g/mol. The highest BCUT2D eigenvalue weighted by Gasteiger charge is 2.50. The lowest BCUT2D eigenvalue weighted by molar-refractivity contribution is -0.137. The molecule has 7 unspecified atom stereocenters. The lowest BCUT2D eigenvalue weighted by Gasteiger charge is -2.30. The van der Waals surface area contributed by atoms with E-state index in [0.29, 0.717) is 5.75 Å². The van der Waals surface area contributed by atoms with Gasteiger partial charge in [0.15, 0.2) is 17.7 Å². The summed E-state index contributed by atoms with van der Waals surface area (Å²) in [6.07, 6.45) is 9.75. The van der Waals surface area contributed by atoms with Gasteiger partial charge in [0.2, 0.25) is 16.9 Å². The summed E-state index contributed by atoms with van der Waals surface area (Å²) in [6, 6.07) is 0. The number of anilines is 1. The molecule has 2 aromatic rings. The Morgan fingerprint density at radius 3 is 2.25 bits per heavy atom. The van der Waals surface area contributed by atoms with Gasteiger partial charge in [0, 0.05) is 30.7 Å². The molecule has 1 aliphatic heterocycles. The molecular formula is C36H62N7O17P3S. The number of fused-ring (bicyclic) bond motifs is 1. The molecular weight excluding hydrogens is 927 g/mol. The number of nitrogens with two attached hydrogens (primary N) is 1. The number of phosphoric acid groups is 3. The number of carbonyl (C=O) groups is 3. The zero-order valence-electron chi connectivity index (χ0n) is 36.0. The number of unbranched alkanes of at least 4 members (excludes halogenated alkanes) is 10. The van der Waals surface area contributed by atoms with Gasteiger partial charge in [-0.3, -0.25) is 32.5 Å². The Kier molecular flexibility index (Phi) is 23.1. The van der Waals surface area contributed by atoms with Crippen molar-refractivity contribution in [2.45, 2.75) is 128 Å². The number of allylic oxidation sites excluding steroid dienone is 1. The van der Waals surface area contributed by atoms with Crippen molar-refractivity contribution in [3.05, 3.63) is 24.8 Å². The Hall–Kier alpha value is -2.70. The van der Waals surface area contributed by atoms with Gasteiger partial charge >= 0.3 is 23.5 Å². The second kappa shape index (κ2) is 26.6. The zero-order valence-corrected chi connectivity index (χ0v) is 39.5. The summed E-state index contributed by atoms with van der Waals surface area (Å²) < 4.78 is 62.3. The molecule has 364 valence electrons. The van der Waals surface area contributed by atoms with Gasteiger partial charge in [-0.1, -0.05) is 96.4 Å². The number of nitrogen functional groups attached to an aromatic ring is 1. The van der Waals surface area contributed by atoms with Crippen molar-refractivity contribution in [1.29, 1.82) is 0 Å². The van der Waals surface area contributed by atoms with Crippen LogP contribution in [0, 0.1) is 5.41 Å². The fourth-order valence-electron chi connectivity index (χ4n) is 6.26. The molecule has 2 amide bonds. The fourth-order valence-corrected chi connectivity index (χ4v) is 9.69. The Balaban J connectivity index is 1.35. The van der Waals surface area contributed by atoms with Crippen LogP contribution in [0.25, 0.3) is 11.2 Å². The molecule has 3 rings (SSSR count). The third-order valence-corrected chi connectivity index (χ3v) is 13.7. The van der Waals surface area contributed by atoms with Crippen LogP contribution in [0.15, 0.2) is 24.8 Å². The number of hydrogen-bond donors (Lipinski definition) is 9. The van der Waals surface area contributed by atoms with Gasteiger partial charge in [-0.2, -0.15) is 4.31 Å². The highest BCUT2D eigenvalue weighted by Crippen LogP contribution is 2.61. The van der Waals surface area contributed by atoms with E-state index in [1.807, 2.05) is 6.08 Å². The first-order valence-corrected chi connectivity index (χ1v) is 26.3. The summed E-state index contributed by atoms with van der Waals surface area (Å²) in [5.74, 6) is -1.10. The molecule has 1 saturated heterocycles. The van der Waals surface area contributed by atoms with E-state index in [9.17, 15) is 57.9 Å². The molecule has 0 saturated carbocycles. The van der Waals surface area contributed by atoms with E-state index in [4.69, 9.17) is 19.5 Å². The summed E-state index contributed by atoms with van der Waals surface area (Å²) >= 11 is 1.07. The average Bonchev–Trinajstić information content (AvgIpc) is 3.78. The number of aromatic nitrogens is 4. The standard InChI is InChI=1S/C36H62N7O17P3S/c1-4-5-6-7-8-9-10-11-12-13-14-15-16-27(45)64-20-19-38-26(44)17-18-39-34(48)31(47)36(2,3)22-57-63(54,55)60-62(52,53)56-21-25-30(59-61(49,50)51)29(46)35(58-25)43-24-42-28-32(37)40-23-41-33(28)43/h15-16,23-25,29-31,35,46-47H,4-14,17-22H2,1-3H3,(H,38,44)(H,39,48)(H,52,53)(H,54,55)(H2,37,40,41)(H2,49,50,51)/b16-15+. The van der Waals surface area contributed by atoms with Crippen molar-refractivity contribution in [2.75, 3.05) is 37.8 Å². The van der Waals surface area contributed by atoms with E-state index < -0.39 is 84.6 Å². The minimum absolute atomic E-state index is 0.0321. The second-order valence-corrected chi connectivity index (χ2v) is 20.9. The average molecular weight is 990 g/mol. The number of nitrogens with zero attached hydrogens (tertiary/aromatic N) is 4. The molecule has 0 radical (unpaired) electrons. The largest absolute Gasteiger partial charge is 0.481 e. The summed E-state index contributed by atoms with van der Waals surface area (Å²) in [6.45, 7) is 2.73. The Bertz CT molecular complexity index is 1990. The summed E-state index contributed by atoms with van der Waals surface area (Å²) in [5, 5.41) is 26.4. The molecule has 0 aliphatic carbocycles. The number of nitrogens with one attached hydrogen (secondary N) is 2. The first-order chi connectivity index (χ1) is 30.1. The molecule has 64 heavy (non-hydrogen) atoms. The number of aliphatic hydroxyl groups excluding tert-OH is 2. The van der Waals surface area contributed by atoms with Gasteiger partial charge in [-0.15, -0.1) is 0 Å². The predicted molar refractivity (Wildman–Crippen MR) is 233 cm³/mol. The van der Waals surface area contributed by atoms with E-state index >= 15 is 0 Å². The SMILES string of the molecule is CCCCCCCCCCCC/C=C/C(=O)SCCNC(=O)CCNC(=O)C(O)C(C)(C)COP(=O)(O)OP(=O)(O)OCC1OC(n2cnc3c(N)ncnc32)C(O)C1OP(=O)(O)O. The van der Waals surface area contributed by atoms with Crippen LogP contribution in [0.3, 0.4) is 0 Å². The molecule has 7 atom stereocenters. The van der Waals surface area contributed by atoms with Crippen molar-refractivity contribution in [2.24, 2.45) is 5.41 Å². The van der Waals surface area contributed by atoms with Crippen LogP contribution in [0.4, 0.5) is 5.82 Å². The smallest absolute Gasteiger partial charge is 0.386 e. The number of ether oxygens (including phenoxy) is 1. The third-order valence-electron chi connectivity index (χ3n) is 9.72. The van der Waals surface area contributed by atoms with E-state index in [1.54, 1.807) is 6.08 Å². The van der Waals surface area contributed by atoms with Crippen LogP contribution in [0.5, 0.6) is 0 Å². The van der Waals surface area contributed by atoms with Crippen molar-refractivity contribution in [1.82, 2.24) is 30.2 Å². The van der Waals surface area contributed by atoms with Crippen LogP contribution in [-0.4, -0.2) is 123 Å². The Labute approximate surface area is 375 Å². The van der Waals surface area contributed by atoms with Crippen molar-refractivity contribution < 1.29 is 80.5 Å². The molecule has 24 nitrogen and oxygen atoms in total. The first-order valence-electron chi connectivity index (χ1n) is 20.8. The molecule has 2 aromatic heterocycles. The number of amides is 2. The molecule has 0 bridgehead atoms. The molecule has 0 spiro atoms. The minimum atomic E-state index is -5.57. The Morgan fingerprint density at radius 2 is 1.59 bits per heavy atom. The van der Waals surface area contributed by atoms with Gasteiger partial charge in [0.1, 0.15) is 36.3 Å². The maximum absolute atomic E-state index is 12.7. The van der Waals surface area contributed by atoms with Crippen LogP contribution < -0.4 is 16.4 Å². The van der Waals surface area contributed by atoms with Gasteiger partial charge < -0.3 is 50.9 Å². The number of thioether (sulfide) groups is 1. The lowest BCUT2D eigenvalue weighted by Crippen LogP contribution is -2.46. The summed E-state index contributed by atoms with van der Waals surface area (Å²) in [4.78, 5) is 88.1. The van der Waals surface area contributed by atoms with Crippen LogP contribution >= 0.6 is 35.2 Å². The van der Waals surface area contributed by atoms with Crippen LogP contribution in [-0.2, 0) is 50.7 Å². The van der Waals surface area contributed by atoms with E-state index in [1.165, 1.54) is 65.2 Å². The number of aliphatic hydroxyl groups is 2. The van der Waals surface area contributed by atoms with Gasteiger partial charge in [0.25, 0.3) is 0 Å². The first kappa shape index (κ1) is 55.6. The van der Waals surface area contributed by atoms with E-state index in [2.05, 4.69) is 41.3 Å². The predicted octanol–water partition coefficient (Wildman–Crippen LogP) is 3.53. The summed E-state index contributed by atoms with van der Waals surface area (Å²) in [5.41, 5.74) is 4.28. The van der Waals surface area contributed by atoms with Crippen molar-refractivity contribution >= 4 is 69.1 Å². The zero-order chi connectivity index (χ0) is 47.6. The van der Waals surface area contributed by atoms with E-state index in [-0.39, 0.29) is 41.6 Å². The van der Waals surface area contributed by atoms with Crippen molar-refractivity contribution in [3.8, 4) is 0 Å². The molecule has 10 N–H and O–H groups in total. The fraction of sp³-hybridized carbons (Fsp3) is 0.722. The normalized spacial score (nSPS) is 20.6. The molecule has 1 aliphatic rings. The lowest BCUT2D eigenvalue weighted by atomic mass is 9.87. The number of carbonyl (C=O) groups excluding carboxylic acids is 3. The van der Waals surface area contributed by atoms with Crippen molar-refractivity contribution in [3.63, 3.8) is 0 Å². The van der Waals surface area contributed by atoms with Gasteiger partial charge in [-0.25, -0.2) is 28.6 Å². The number of phosphoric ester groups is 3. The van der Waals surface area contributed by atoms with Gasteiger partial charge in [0.05, 0.1) is 19.5 Å². The maximum atomic E-state index is 12.7. The van der Waals surface area contributed by atoms with Gasteiger partial charge in [-0.05, 0) is 18.9 Å². The second-order valence-electron chi connectivity index (χ2n) is 15.6. The number of hydrogen-bond acceptors (Lipinski definition) is 18. The molecule has 1 fully saturated rings. The minimum Gasteiger partial charge on any atom is -0.386 e. The molecule has 0 aromatic carbocycles. The highest BCUT2D eigenvalue weighted by molar-refractivity contribution is 8.14. The number of rotatable bonds is 31. The summed E-state index contributed by atoms with van der Waals surface area (Å²) in [7, 11) is -16.4. The van der Waals surface area contributed by atoms with Crippen LogP contribution in [0.1, 0.15) is 104 Å². The van der Waals surface area contributed by atoms with Crippen LogP contribution in [0.2, 0.25) is 0 Å².